The van der Waals surface area contributed by atoms with Crippen LogP contribution in [0.2, 0.25) is 0 Å². The number of carbonyl (C=O) groups is 1. The number of esters is 1. The lowest BCUT2D eigenvalue weighted by Crippen LogP contribution is -2.43. The lowest BCUT2D eigenvalue weighted by molar-refractivity contribution is -0.157. The molecule has 16 heavy (non-hydrogen) atoms. The molecule has 0 spiro atoms. The summed E-state index contributed by atoms with van der Waals surface area (Å²) in [5, 5.41) is 7.06. The molecule has 0 aromatic rings. The van der Waals surface area contributed by atoms with Crippen molar-refractivity contribution in [3.63, 3.8) is 0 Å². The number of nitrogens with zero attached hydrogens (tertiary/aromatic N) is 1. The van der Waals surface area contributed by atoms with E-state index in [1.807, 2.05) is 20.8 Å². The van der Waals surface area contributed by atoms with E-state index in [0.717, 1.165) is 24.2 Å². The Kier molecular flexibility index (Phi) is 2.61. The van der Waals surface area contributed by atoms with Crippen molar-refractivity contribution in [2.45, 2.75) is 45.3 Å². The van der Waals surface area contributed by atoms with Crippen molar-refractivity contribution in [1.29, 1.82) is 0 Å². The molecule has 0 aromatic heterocycles. The fraction of sp³-hybridized carbons (Fsp3) is 0.636. The molecule has 0 saturated carbocycles. The minimum Gasteiger partial charge on any atom is -0.458 e. The topological polar surface area (TPSA) is 64.5 Å². The van der Waals surface area contributed by atoms with Gasteiger partial charge >= 0.3 is 5.97 Å². The second-order valence-electron chi connectivity index (χ2n) is 5.03. The molecule has 0 amide bonds. The predicted molar refractivity (Wildman–Crippen MR) is 60.4 cm³/mol. The number of carbonyl (C=O) groups excluding carboxylic acids is 1. The maximum atomic E-state index is 11.8. The Morgan fingerprint density at radius 3 is 3.00 bits per heavy atom. The van der Waals surface area contributed by atoms with E-state index in [4.69, 9.17) is 4.74 Å². The van der Waals surface area contributed by atoms with E-state index in [1.54, 1.807) is 6.21 Å². The summed E-state index contributed by atoms with van der Waals surface area (Å²) < 4.78 is 5.34. The lowest BCUT2D eigenvalue weighted by Gasteiger charge is -2.26. The second-order valence-corrected chi connectivity index (χ2v) is 5.03. The third-order valence-electron chi connectivity index (χ3n) is 2.42. The molecule has 1 atom stereocenters. The van der Waals surface area contributed by atoms with Gasteiger partial charge in [0.05, 0.1) is 0 Å². The highest BCUT2D eigenvalue weighted by Crippen LogP contribution is 2.19. The first-order chi connectivity index (χ1) is 7.46. The van der Waals surface area contributed by atoms with Crippen molar-refractivity contribution >= 4 is 12.2 Å². The molecule has 2 rings (SSSR count). The first-order valence-electron chi connectivity index (χ1n) is 5.47. The number of nitrogens with one attached hydrogen (secondary N) is 2. The van der Waals surface area contributed by atoms with Crippen LogP contribution < -0.4 is 15.8 Å². The number of hydrogen-bond acceptors (Lipinski definition) is 5. The average molecular weight is 223 g/mol. The van der Waals surface area contributed by atoms with Crippen molar-refractivity contribution in [2.75, 3.05) is 0 Å². The summed E-state index contributed by atoms with van der Waals surface area (Å²) in [6.07, 6.45) is 3.27. The van der Waals surface area contributed by atoms with Crippen LogP contribution in [0.3, 0.4) is 0 Å². The highest BCUT2D eigenvalue weighted by Gasteiger charge is 2.33. The van der Waals surface area contributed by atoms with Crippen LogP contribution in [0.5, 0.6) is 0 Å². The second kappa shape index (κ2) is 3.81. The number of hydrazone groups is 1. The van der Waals surface area contributed by atoms with Gasteiger partial charge in [-0.15, -0.1) is 5.43 Å². The molecule has 0 aromatic carbocycles. The van der Waals surface area contributed by atoms with Crippen LogP contribution in [-0.4, -0.2) is 23.8 Å². The SMILES string of the molecule is CC(C)(C)OC(=O)C1CCC2=C(C=[N+]N2)N1. The number of ether oxygens (including phenoxy) is 1. The van der Waals surface area contributed by atoms with Gasteiger partial charge in [0.1, 0.15) is 23.0 Å². The Morgan fingerprint density at radius 1 is 1.56 bits per heavy atom. The van der Waals surface area contributed by atoms with Gasteiger partial charge in [-0.3, -0.25) is 0 Å². The quantitative estimate of drug-likeness (QED) is 0.624. The highest BCUT2D eigenvalue weighted by atomic mass is 16.6. The van der Waals surface area contributed by atoms with Crippen molar-refractivity contribution < 1.29 is 9.53 Å². The fourth-order valence-electron chi connectivity index (χ4n) is 1.73. The zero-order valence-electron chi connectivity index (χ0n) is 9.83. The van der Waals surface area contributed by atoms with E-state index < -0.39 is 5.60 Å². The molecule has 0 aliphatic carbocycles. The zero-order valence-corrected chi connectivity index (χ0v) is 9.83. The number of rotatable bonds is 1. The van der Waals surface area contributed by atoms with Crippen LogP contribution >= 0.6 is 0 Å². The Hall–Kier alpha value is -1.52. The lowest BCUT2D eigenvalue weighted by atomic mass is 10.0. The van der Waals surface area contributed by atoms with Crippen molar-refractivity contribution in [3.05, 3.63) is 11.4 Å². The monoisotopic (exact) mass is 223 g/mol. The van der Waals surface area contributed by atoms with E-state index in [-0.39, 0.29) is 12.0 Å². The minimum absolute atomic E-state index is 0.195. The predicted octanol–water partition coefficient (Wildman–Crippen LogP) is 0.216. The Labute approximate surface area is 94.9 Å². The van der Waals surface area contributed by atoms with Crippen LogP contribution in [0, 0.1) is 0 Å². The summed E-state index contributed by atoms with van der Waals surface area (Å²) in [6, 6.07) is -0.260. The van der Waals surface area contributed by atoms with Crippen LogP contribution in [0.4, 0.5) is 0 Å². The first-order valence-corrected chi connectivity index (χ1v) is 5.47. The standard InChI is InChI=1S/C11H17N3O2/c1-11(2,3)16-10(15)8-5-4-7-9(13-8)6-12-14-7/h6,8,13-14H,4-5H2,1-3H3/q+1. The Morgan fingerprint density at radius 2 is 2.31 bits per heavy atom. The van der Waals surface area contributed by atoms with Gasteiger partial charge in [0, 0.05) is 0 Å². The minimum atomic E-state index is -0.435. The smallest absolute Gasteiger partial charge is 0.329 e. The van der Waals surface area contributed by atoms with Crippen LogP contribution in [0.1, 0.15) is 33.6 Å². The van der Waals surface area contributed by atoms with E-state index in [9.17, 15) is 4.79 Å². The number of hydrogen-bond donors (Lipinski definition) is 2. The summed E-state index contributed by atoms with van der Waals surface area (Å²) in [7, 11) is 0. The molecule has 87 valence electrons. The van der Waals surface area contributed by atoms with E-state index in [0.29, 0.717) is 0 Å². The molecular weight excluding hydrogens is 206 g/mol. The molecule has 2 aliphatic heterocycles. The molecule has 5 nitrogen and oxygen atoms in total. The maximum absolute atomic E-state index is 11.8. The van der Waals surface area contributed by atoms with Crippen molar-refractivity contribution in [3.8, 4) is 0 Å². The van der Waals surface area contributed by atoms with Gasteiger partial charge in [-0.1, -0.05) is 0 Å². The molecule has 2 N–H and O–H groups in total. The Bertz CT molecular complexity index is 366. The summed E-state index contributed by atoms with van der Waals surface area (Å²) >= 11 is 0. The van der Waals surface area contributed by atoms with Gasteiger partial charge in [-0.05, 0) is 33.6 Å². The van der Waals surface area contributed by atoms with Crippen LogP contribution in [0.25, 0.3) is 0 Å². The van der Waals surface area contributed by atoms with Crippen molar-refractivity contribution in [2.24, 2.45) is 0 Å². The average Bonchev–Trinajstić information content (AvgIpc) is 2.61. The van der Waals surface area contributed by atoms with Crippen LogP contribution in [-0.2, 0) is 9.53 Å². The summed E-state index contributed by atoms with van der Waals surface area (Å²) in [5.74, 6) is -0.195. The summed E-state index contributed by atoms with van der Waals surface area (Å²) in [5.41, 5.74) is 4.43. The molecule has 2 aliphatic rings. The van der Waals surface area contributed by atoms with Gasteiger partial charge in [0.25, 0.3) is 6.21 Å². The molecule has 2 heterocycles. The summed E-state index contributed by atoms with van der Waals surface area (Å²) in [4.78, 5) is 11.8. The third kappa shape index (κ3) is 2.35. The molecule has 0 bridgehead atoms. The maximum Gasteiger partial charge on any atom is 0.329 e. The fourth-order valence-corrected chi connectivity index (χ4v) is 1.73. The largest absolute Gasteiger partial charge is 0.458 e. The molecule has 1 radical (unpaired) electrons. The highest BCUT2D eigenvalue weighted by molar-refractivity contribution is 5.84. The zero-order chi connectivity index (χ0) is 11.8. The molecule has 5 heteroatoms. The van der Waals surface area contributed by atoms with Gasteiger partial charge in [0.15, 0.2) is 5.10 Å². The molecule has 0 fully saturated rings. The molecular formula is C11H17N3O2+. The normalized spacial score (nSPS) is 23.6. The molecule has 1 unspecified atom stereocenters. The van der Waals surface area contributed by atoms with Gasteiger partial charge in [0.2, 0.25) is 0 Å². The van der Waals surface area contributed by atoms with E-state index in [1.165, 1.54) is 0 Å². The van der Waals surface area contributed by atoms with Gasteiger partial charge in [-0.25, -0.2) is 4.79 Å². The molecule has 0 saturated heterocycles. The summed E-state index contributed by atoms with van der Waals surface area (Å²) in [6.45, 7) is 5.62. The van der Waals surface area contributed by atoms with Crippen LogP contribution in [0.15, 0.2) is 11.4 Å². The first kappa shape index (κ1) is 11.0. The van der Waals surface area contributed by atoms with Crippen molar-refractivity contribution in [1.82, 2.24) is 15.8 Å². The van der Waals surface area contributed by atoms with Gasteiger partial charge < -0.3 is 10.1 Å². The Balaban J connectivity index is 1.98. The van der Waals surface area contributed by atoms with E-state index >= 15 is 0 Å². The van der Waals surface area contributed by atoms with Gasteiger partial charge in [-0.2, -0.15) is 0 Å². The van der Waals surface area contributed by atoms with E-state index in [2.05, 4.69) is 15.8 Å². The third-order valence-corrected chi connectivity index (χ3v) is 2.42. The number of allylic oxidation sites excluding steroid dienone is 2.